The summed E-state index contributed by atoms with van der Waals surface area (Å²) in [6.45, 7) is 1.10. The van der Waals surface area contributed by atoms with Crippen LogP contribution in [0.3, 0.4) is 0 Å². The van der Waals surface area contributed by atoms with Crippen LogP contribution in [0.1, 0.15) is 12.8 Å². The standard InChI is InChI=1S/C45H35N/c1-3-14-31(15-4-1)40-30-41(32-25-27-35(28-26-32)46-29-13-19-33-16-7-12-24-42(33)46)44-38-22-10-8-20-36(38)37-21-9-11-23-39(37)45(44)43(40)34-17-5-2-6-18-34/h1-12,14-18,20-28,30,33,42H,13,19,29H2. The molecule has 46 heavy (non-hydrogen) atoms. The van der Waals surface area contributed by atoms with Crippen molar-refractivity contribution in [1.82, 2.24) is 0 Å². The first-order valence-corrected chi connectivity index (χ1v) is 16.6. The highest BCUT2D eigenvalue weighted by Gasteiger charge is 2.29. The van der Waals surface area contributed by atoms with E-state index in [9.17, 15) is 0 Å². The fourth-order valence-corrected chi connectivity index (χ4v) is 8.11. The Bertz CT molecular complexity index is 2280. The highest BCUT2D eigenvalue weighted by molar-refractivity contribution is 6.32. The molecule has 0 saturated carbocycles. The van der Waals surface area contributed by atoms with E-state index < -0.39 is 0 Å². The normalized spacial score (nSPS) is 17.5. The van der Waals surface area contributed by atoms with Gasteiger partial charge in [0.25, 0.3) is 0 Å². The van der Waals surface area contributed by atoms with Gasteiger partial charge in [0.05, 0.1) is 6.04 Å². The molecule has 1 heteroatoms. The van der Waals surface area contributed by atoms with E-state index in [-0.39, 0.29) is 0 Å². The van der Waals surface area contributed by atoms with Crippen LogP contribution in [0, 0.1) is 5.92 Å². The van der Waals surface area contributed by atoms with Gasteiger partial charge in [-0.3, -0.25) is 0 Å². The molecule has 2 unspecified atom stereocenters. The minimum Gasteiger partial charge on any atom is -0.364 e. The van der Waals surface area contributed by atoms with Crippen LogP contribution in [0.5, 0.6) is 0 Å². The predicted octanol–water partition coefficient (Wildman–Crippen LogP) is 11.9. The molecule has 1 nitrogen and oxygen atoms in total. The zero-order chi connectivity index (χ0) is 30.5. The molecule has 1 aliphatic heterocycles. The number of nitrogens with zero attached hydrogens (tertiary/aromatic N) is 1. The van der Waals surface area contributed by atoms with E-state index in [0.717, 1.165) is 6.54 Å². The Labute approximate surface area is 270 Å². The van der Waals surface area contributed by atoms with Crippen LogP contribution >= 0.6 is 0 Å². The Morgan fingerprint density at radius 3 is 1.74 bits per heavy atom. The van der Waals surface area contributed by atoms with Gasteiger partial charge in [-0.25, -0.2) is 0 Å². The molecular weight excluding hydrogens is 555 g/mol. The van der Waals surface area contributed by atoms with Gasteiger partial charge in [0.15, 0.2) is 0 Å². The molecule has 7 aromatic rings. The maximum absolute atomic E-state index is 2.60. The average molecular weight is 590 g/mol. The summed E-state index contributed by atoms with van der Waals surface area (Å²) in [4.78, 5) is 2.60. The minimum atomic E-state index is 0.440. The monoisotopic (exact) mass is 589 g/mol. The van der Waals surface area contributed by atoms with E-state index in [0.29, 0.717) is 12.0 Å². The Kier molecular flexibility index (Phi) is 6.56. The number of piperidine rings is 1. The molecule has 0 bridgehead atoms. The van der Waals surface area contributed by atoms with Gasteiger partial charge in [0.2, 0.25) is 0 Å². The Hall–Kier alpha value is -5.40. The van der Waals surface area contributed by atoms with E-state index in [2.05, 4.69) is 169 Å². The fourth-order valence-electron chi connectivity index (χ4n) is 8.11. The van der Waals surface area contributed by atoms with E-state index >= 15 is 0 Å². The molecule has 0 aromatic heterocycles. The van der Waals surface area contributed by atoms with Crippen LogP contribution in [0.4, 0.5) is 5.69 Å². The van der Waals surface area contributed by atoms with E-state index in [1.54, 1.807) is 0 Å². The summed E-state index contributed by atoms with van der Waals surface area (Å²) in [7, 11) is 0. The van der Waals surface area contributed by atoms with Gasteiger partial charge in [0, 0.05) is 18.2 Å². The van der Waals surface area contributed by atoms with Crippen molar-refractivity contribution in [2.75, 3.05) is 11.4 Å². The van der Waals surface area contributed by atoms with E-state index in [4.69, 9.17) is 0 Å². The highest BCUT2D eigenvalue weighted by Crippen LogP contribution is 2.49. The molecule has 1 fully saturated rings. The molecule has 0 spiro atoms. The van der Waals surface area contributed by atoms with Crippen LogP contribution in [0.2, 0.25) is 0 Å². The van der Waals surface area contributed by atoms with Crippen molar-refractivity contribution < 1.29 is 0 Å². The Morgan fingerprint density at radius 2 is 1.04 bits per heavy atom. The summed E-state index contributed by atoms with van der Waals surface area (Å²) < 4.78 is 0. The number of benzene rings is 7. The molecule has 1 heterocycles. The first kappa shape index (κ1) is 27.0. The van der Waals surface area contributed by atoms with Crippen molar-refractivity contribution in [2.24, 2.45) is 5.92 Å². The number of allylic oxidation sites excluding steroid dienone is 2. The van der Waals surface area contributed by atoms with Crippen molar-refractivity contribution in [1.29, 1.82) is 0 Å². The lowest BCUT2D eigenvalue weighted by molar-refractivity contribution is 0.421. The van der Waals surface area contributed by atoms with Crippen LogP contribution in [0.15, 0.2) is 164 Å². The van der Waals surface area contributed by atoms with Gasteiger partial charge < -0.3 is 4.90 Å². The second-order valence-electron chi connectivity index (χ2n) is 12.7. The minimum absolute atomic E-state index is 0.440. The molecule has 0 N–H and O–H groups in total. The SMILES string of the molecule is C1=CC2CCCN(c3ccc(-c4cc(-c5ccccc5)c(-c5ccccc5)c5c6ccccc6c6ccccc6c45)cc3)C2C=C1. The van der Waals surface area contributed by atoms with Crippen molar-refractivity contribution in [3.8, 4) is 33.4 Å². The molecule has 9 rings (SSSR count). The molecule has 7 aromatic carbocycles. The van der Waals surface area contributed by atoms with Gasteiger partial charge in [-0.2, -0.15) is 0 Å². The molecule has 0 radical (unpaired) electrons. The third-order valence-electron chi connectivity index (χ3n) is 10.2. The third-order valence-corrected chi connectivity index (χ3v) is 10.2. The largest absolute Gasteiger partial charge is 0.364 e. The predicted molar refractivity (Wildman–Crippen MR) is 197 cm³/mol. The Balaban J connectivity index is 1.36. The van der Waals surface area contributed by atoms with Crippen LogP contribution < -0.4 is 4.90 Å². The quantitative estimate of drug-likeness (QED) is 0.185. The molecule has 0 amide bonds. The summed E-state index contributed by atoms with van der Waals surface area (Å²) in [6.07, 6.45) is 11.7. The first-order chi connectivity index (χ1) is 22.8. The third kappa shape index (κ3) is 4.38. The molecule has 2 atom stereocenters. The Morgan fingerprint density at radius 1 is 0.478 bits per heavy atom. The number of fused-ring (bicyclic) bond motifs is 7. The summed E-state index contributed by atoms with van der Waals surface area (Å²) in [5.41, 5.74) is 8.86. The van der Waals surface area contributed by atoms with Crippen molar-refractivity contribution in [3.63, 3.8) is 0 Å². The highest BCUT2D eigenvalue weighted by atomic mass is 15.2. The topological polar surface area (TPSA) is 3.24 Å². The van der Waals surface area contributed by atoms with Crippen LogP contribution in [-0.2, 0) is 0 Å². The van der Waals surface area contributed by atoms with Crippen LogP contribution in [0.25, 0.3) is 65.7 Å². The molecule has 1 aliphatic carbocycles. The lowest BCUT2D eigenvalue weighted by atomic mass is 9.81. The van der Waals surface area contributed by atoms with Crippen molar-refractivity contribution in [3.05, 3.63) is 164 Å². The van der Waals surface area contributed by atoms with Gasteiger partial charge in [-0.05, 0) is 96.7 Å². The number of hydrogen-bond donors (Lipinski definition) is 0. The van der Waals surface area contributed by atoms with E-state index in [1.807, 2.05) is 0 Å². The molecule has 220 valence electrons. The lowest BCUT2D eigenvalue weighted by Gasteiger charge is -2.41. The molecule has 2 aliphatic rings. The molecular formula is C45H35N. The summed E-state index contributed by atoms with van der Waals surface area (Å²) in [6, 6.07) is 52.1. The first-order valence-electron chi connectivity index (χ1n) is 16.6. The van der Waals surface area contributed by atoms with Crippen molar-refractivity contribution >= 4 is 38.0 Å². The summed E-state index contributed by atoms with van der Waals surface area (Å²) >= 11 is 0. The number of anilines is 1. The smallest absolute Gasteiger partial charge is 0.0538 e. The maximum Gasteiger partial charge on any atom is 0.0538 e. The zero-order valence-electron chi connectivity index (χ0n) is 25.8. The van der Waals surface area contributed by atoms with Gasteiger partial charge >= 0.3 is 0 Å². The average Bonchev–Trinajstić information content (AvgIpc) is 3.15. The fraction of sp³-hybridized carbons (Fsp3) is 0.111. The molecule has 1 saturated heterocycles. The summed E-state index contributed by atoms with van der Waals surface area (Å²) in [5.74, 6) is 0.598. The number of rotatable bonds is 4. The van der Waals surface area contributed by atoms with Gasteiger partial charge in [-0.15, -0.1) is 0 Å². The second kappa shape index (κ2) is 11.2. The van der Waals surface area contributed by atoms with Crippen molar-refractivity contribution in [2.45, 2.75) is 18.9 Å². The van der Waals surface area contributed by atoms with Crippen LogP contribution in [-0.4, -0.2) is 12.6 Å². The van der Waals surface area contributed by atoms with Gasteiger partial charge in [-0.1, -0.05) is 146 Å². The number of hydrogen-bond acceptors (Lipinski definition) is 1. The maximum atomic E-state index is 2.60. The summed E-state index contributed by atoms with van der Waals surface area (Å²) in [5, 5.41) is 7.82. The second-order valence-corrected chi connectivity index (χ2v) is 12.7. The van der Waals surface area contributed by atoms with E-state index in [1.165, 1.54) is 84.2 Å². The zero-order valence-corrected chi connectivity index (χ0v) is 25.8. The van der Waals surface area contributed by atoms with Gasteiger partial charge in [0.1, 0.15) is 0 Å². The lowest BCUT2D eigenvalue weighted by Crippen LogP contribution is -2.44.